The zero-order chi connectivity index (χ0) is 21.5. The first kappa shape index (κ1) is 25.6. The Labute approximate surface area is 181 Å². The number of aromatic hydroxyl groups is 1. The summed E-state index contributed by atoms with van der Waals surface area (Å²) < 4.78 is 39.9. The molecule has 0 aliphatic carbocycles. The van der Waals surface area contributed by atoms with E-state index >= 15 is 0 Å². The van der Waals surface area contributed by atoms with Gasteiger partial charge in [0, 0.05) is 23.2 Å². The van der Waals surface area contributed by atoms with E-state index in [1.807, 2.05) is 47.6 Å². The summed E-state index contributed by atoms with van der Waals surface area (Å²) in [5, 5.41) is 13.8. The quantitative estimate of drug-likeness (QED) is 0.513. The minimum Gasteiger partial charge on any atom is -0.507 e. The third kappa shape index (κ3) is 6.53. The Morgan fingerprint density at radius 1 is 0.966 bits per heavy atom. The maximum Gasteiger partial charge on any atom is 0.417 e. The van der Waals surface area contributed by atoms with Gasteiger partial charge in [0.2, 0.25) is 0 Å². The first-order chi connectivity index (χ1) is 12.6. The monoisotopic (exact) mass is 449 g/mol. The van der Waals surface area contributed by atoms with Crippen molar-refractivity contribution in [1.82, 2.24) is 5.32 Å². The van der Waals surface area contributed by atoms with Crippen LogP contribution in [0.25, 0.3) is 11.1 Å². The molecule has 2 rings (SSSR count). The fourth-order valence-electron chi connectivity index (χ4n) is 2.75. The summed E-state index contributed by atoms with van der Waals surface area (Å²) in [5.74, 6) is -0.0276. The third-order valence-corrected chi connectivity index (χ3v) is 4.78. The maximum absolute atomic E-state index is 13.3. The molecule has 0 aliphatic heterocycles. The Bertz CT molecular complexity index is 866. The molecule has 0 fully saturated rings. The van der Waals surface area contributed by atoms with Gasteiger partial charge in [-0.15, -0.1) is 12.4 Å². The van der Waals surface area contributed by atoms with Crippen LogP contribution < -0.4 is 5.32 Å². The summed E-state index contributed by atoms with van der Waals surface area (Å²) in [6.45, 7) is 12.5. The van der Waals surface area contributed by atoms with Crippen LogP contribution in [0.15, 0.2) is 30.3 Å². The van der Waals surface area contributed by atoms with Crippen molar-refractivity contribution in [2.24, 2.45) is 0 Å². The number of rotatable bonds is 3. The topological polar surface area (TPSA) is 32.3 Å². The lowest BCUT2D eigenvalue weighted by Gasteiger charge is -2.25. The van der Waals surface area contributed by atoms with Crippen LogP contribution in [0.1, 0.15) is 58.2 Å². The average molecular weight is 450 g/mol. The Morgan fingerprint density at radius 3 is 2.03 bits per heavy atom. The molecule has 0 atom stereocenters. The number of hydrogen-bond acceptors (Lipinski definition) is 2. The highest BCUT2D eigenvalue weighted by Crippen LogP contribution is 2.41. The van der Waals surface area contributed by atoms with Crippen molar-refractivity contribution in [1.29, 1.82) is 0 Å². The number of phenols is 1. The molecule has 0 heterocycles. The molecular weight excluding hydrogens is 422 g/mol. The molecule has 0 bridgehead atoms. The maximum atomic E-state index is 13.3. The summed E-state index contributed by atoms with van der Waals surface area (Å²) in [4.78, 5) is 0. The van der Waals surface area contributed by atoms with Gasteiger partial charge in [-0.3, -0.25) is 0 Å². The Balaban J connectivity index is 0.00000420. The van der Waals surface area contributed by atoms with Crippen LogP contribution >= 0.6 is 24.0 Å². The molecule has 0 amide bonds. The lowest BCUT2D eigenvalue weighted by Crippen LogP contribution is -2.35. The van der Waals surface area contributed by atoms with Gasteiger partial charge >= 0.3 is 6.18 Å². The number of phenolic OH excluding ortho intramolecular Hbond substituents is 1. The van der Waals surface area contributed by atoms with Crippen LogP contribution in [0, 0.1) is 0 Å². The van der Waals surface area contributed by atoms with Crippen LogP contribution in [-0.2, 0) is 18.1 Å². The molecule has 7 heteroatoms. The summed E-state index contributed by atoms with van der Waals surface area (Å²) in [6, 6.07) is 7.36. The van der Waals surface area contributed by atoms with Gasteiger partial charge < -0.3 is 10.4 Å². The van der Waals surface area contributed by atoms with Gasteiger partial charge in [-0.2, -0.15) is 13.2 Å². The fraction of sp³-hybridized carbons (Fsp3) is 0.455. The Morgan fingerprint density at radius 2 is 1.55 bits per heavy atom. The van der Waals surface area contributed by atoms with E-state index < -0.39 is 11.7 Å². The van der Waals surface area contributed by atoms with E-state index in [4.69, 9.17) is 11.6 Å². The minimum atomic E-state index is -4.57. The van der Waals surface area contributed by atoms with Crippen LogP contribution in [0.2, 0.25) is 5.02 Å². The number of halogens is 5. The zero-order valence-electron chi connectivity index (χ0n) is 17.5. The number of nitrogens with one attached hydrogen (secondary N) is 1. The Kier molecular flexibility index (Phi) is 7.72. The normalized spacial score (nSPS) is 12.6. The molecule has 0 saturated carbocycles. The summed E-state index contributed by atoms with van der Waals surface area (Å²) in [6.07, 6.45) is -4.57. The highest BCUT2D eigenvalue weighted by Gasteiger charge is 2.33. The number of alkyl halides is 3. The van der Waals surface area contributed by atoms with E-state index in [-0.39, 0.29) is 39.7 Å². The van der Waals surface area contributed by atoms with Gasteiger partial charge in [0.05, 0.1) is 10.6 Å². The molecule has 2 N–H and O–H groups in total. The van der Waals surface area contributed by atoms with Crippen molar-refractivity contribution in [2.45, 2.75) is 65.2 Å². The van der Waals surface area contributed by atoms with Crippen LogP contribution in [0.3, 0.4) is 0 Å². The highest BCUT2D eigenvalue weighted by atomic mass is 35.5. The minimum absolute atomic E-state index is 0. The van der Waals surface area contributed by atoms with Crippen molar-refractivity contribution in [3.8, 4) is 16.9 Å². The Hall–Kier alpha value is -1.43. The van der Waals surface area contributed by atoms with Crippen molar-refractivity contribution >= 4 is 24.0 Å². The van der Waals surface area contributed by atoms with Gasteiger partial charge in [0.25, 0.3) is 0 Å². The van der Waals surface area contributed by atoms with E-state index in [0.29, 0.717) is 17.7 Å². The van der Waals surface area contributed by atoms with Gasteiger partial charge in [-0.1, -0.05) is 44.5 Å². The van der Waals surface area contributed by atoms with Crippen molar-refractivity contribution < 1.29 is 18.3 Å². The molecule has 2 aromatic carbocycles. The predicted octanol–water partition coefficient (Wildman–Crippen LogP) is 7.34. The number of hydrogen-bond donors (Lipinski definition) is 2. The average Bonchev–Trinajstić information content (AvgIpc) is 2.51. The molecule has 0 aromatic heterocycles. The molecule has 29 heavy (non-hydrogen) atoms. The second kappa shape index (κ2) is 8.75. The van der Waals surface area contributed by atoms with Gasteiger partial charge in [-0.05, 0) is 55.5 Å². The van der Waals surface area contributed by atoms with Gasteiger partial charge in [0.15, 0.2) is 0 Å². The lowest BCUT2D eigenvalue weighted by atomic mass is 9.83. The number of benzene rings is 2. The standard InChI is InChI=1S/C22H27ClF3NO.ClH/c1-20(2,3)15-9-14(12-27-21(4,5)6)19(28)16(11-15)13-7-8-18(23)17(10-13)22(24,25)26;/h7-11,27-28H,12H2,1-6H3;1H. The van der Waals surface area contributed by atoms with Crippen molar-refractivity contribution in [3.05, 3.63) is 52.0 Å². The second-order valence-corrected chi connectivity index (χ2v) is 9.48. The van der Waals surface area contributed by atoms with Crippen LogP contribution in [0.4, 0.5) is 13.2 Å². The zero-order valence-corrected chi connectivity index (χ0v) is 19.0. The smallest absolute Gasteiger partial charge is 0.417 e. The van der Waals surface area contributed by atoms with Crippen LogP contribution in [-0.4, -0.2) is 10.6 Å². The SMILES string of the molecule is CC(C)(C)NCc1cc(C(C)(C)C)cc(-c2ccc(Cl)c(C(F)(F)F)c2)c1O.Cl. The predicted molar refractivity (Wildman–Crippen MR) is 116 cm³/mol. The first-order valence-electron chi connectivity index (χ1n) is 9.08. The summed E-state index contributed by atoms with van der Waals surface area (Å²) in [5.41, 5.74) is 0.876. The van der Waals surface area contributed by atoms with Crippen molar-refractivity contribution in [3.63, 3.8) is 0 Å². The molecule has 0 radical (unpaired) electrons. The van der Waals surface area contributed by atoms with Gasteiger partial charge in [-0.25, -0.2) is 0 Å². The van der Waals surface area contributed by atoms with Crippen molar-refractivity contribution in [2.75, 3.05) is 0 Å². The van der Waals surface area contributed by atoms with E-state index in [0.717, 1.165) is 11.6 Å². The molecule has 0 unspecified atom stereocenters. The lowest BCUT2D eigenvalue weighted by molar-refractivity contribution is -0.137. The van der Waals surface area contributed by atoms with E-state index in [9.17, 15) is 18.3 Å². The largest absolute Gasteiger partial charge is 0.507 e. The molecule has 0 aliphatic rings. The molecule has 2 nitrogen and oxygen atoms in total. The molecule has 0 saturated heterocycles. The molecule has 2 aromatic rings. The van der Waals surface area contributed by atoms with Gasteiger partial charge in [0.1, 0.15) is 5.75 Å². The summed E-state index contributed by atoms with van der Waals surface area (Å²) >= 11 is 5.75. The van der Waals surface area contributed by atoms with E-state index in [2.05, 4.69) is 5.32 Å². The fourth-order valence-corrected chi connectivity index (χ4v) is 2.98. The van der Waals surface area contributed by atoms with E-state index in [1.54, 1.807) is 6.07 Å². The molecule has 0 spiro atoms. The second-order valence-electron chi connectivity index (χ2n) is 9.08. The molecule has 162 valence electrons. The molecular formula is C22H28Cl2F3NO. The summed E-state index contributed by atoms with van der Waals surface area (Å²) in [7, 11) is 0. The first-order valence-corrected chi connectivity index (χ1v) is 9.46. The third-order valence-electron chi connectivity index (χ3n) is 4.45. The van der Waals surface area contributed by atoms with Crippen LogP contribution in [0.5, 0.6) is 5.75 Å². The highest BCUT2D eigenvalue weighted by molar-refractivity contribution is 6.31. The van der Waals surface area contributed by atoms with E-state index in [1.165, 1.54) is 12.1 Å².